The molecule has 1 amide bonds. The van der Waals surface area contributed by atoms with E-state index in [4.69, 9.17) is 0 Å². The highest BCUT2D eigenvalue weighted by Crippen LogP contribution is 2.25. The molecule has 1 N–H and O–H groups in total. The zero-order valence-electron chi connectivity index (χ0n) is 11.6. The quantitative estimate of drug-likeness (QED) is 0.512. The maximum atomic E-state index is 13.6. The maximum Gasteiger partial charge on any atom is 0.257 e. The van der Waals surface area contributed by atoms with Crippen LogP contribution in [0.5, 0.6) is 0 Å². The molecule has 0 aliphatic heterocycles. The minimum absolute atomic E-state index is 0.428. The number of benzene rings is 2. The normalized spacial score (nSPS) is 14.0. The molecular formula is C16H10F5NO. The van der Waals surface area contributed by atoms with E-state index in [1.165, 1.54) is 0 Å². The first kappa shape index (κ1) is 15.5. The van der Waals surface area contributed by atoms with Crippen LogP contribution in [0.1, 0.15) is 21.5 Å². The molecule has 0 heterocycles. The van der Waals surface area contributed by atoms with Crippen LogP contribution in [-0.2, 0) is 12.8 Å². The van der Waals surface area contributed by atoms with E-state index in [0.29, 0.717) is 12.8 Å². The SMILES string of the molecule is O=C(NC1Cc2ccccc2C1)c1c(F)c(F)c(F)c(F)c1F. The number of amides is 1. The van der Waals surface area contributed by atoms with E-state index in [0.717, 1.165) is 11.1 Å². The molecule has 0 unspecified atom stereocenters. The first-order chi connectivity index (χ1) is 10.9. The highest BCUT2D eigenvalue weighted by Gasteiger charge is 2.31. The number of carbonyl (C=O) groups is 1. The van der Waals surface area contributed by atoms with E-state index in [1.54, 1.807) is 0 Å². The molecule has 0 saturated carbocycles. The van der Waals surface area contributed by atoms with Crippen LogP contribution >= 0.6 is 0 Å². The maximum absolute atomic E-state index is 13.6. The van der Waals surface area contributed by atoms with Crippen LogP contribution in [0.25, 0.3) is 0 Å². The Morgan fingerprint density at radius 2 is 1.26 bits per heavy atom. The molecule has 23 heavy (non-hydrogen) atoms. The Hall–Kier alpha value is -2.44. The molecule has 2 aromatic carbocycles. The van der Waals surface area contributed by atoms with Crippen LogP contribution in [0.3, 0.4) is 0 Å². The van der Waals surface area contributed by atoms with Gasteiger partial charge < -0.3 is 5.32 Å². The van der Waals surface area contributed by atoms with Gasteiger partial charge in [-0.25, -0.2) is 22.0 Å². The van der Waals surface area contributed by atoms with Crippen molar-refractivity contribution in [2.24, 2.45) is 0 Å². The fourth-order valence-corrected chi connectivity index (χ4v) is 2.72. The van der Waals surface area contributed by atoms with Crippen molar-refractivity contribution in [3.8, 4) is 0 Å². The topological polar surface area (TPSA) is 29.1 Å². The second-order valence-electron chi connectivity index (χ2n) is 5.29. The zero-order chi connectivity index (χ0) is 16.7. The van der Waals surface area contributed by atoms with E-state index >= 15 is 0 Å². The Morgan fingerprint density at radius 1 is 0.826 bits per heavy atom. The van der Waals surface area contributed by atoms with Gasteiger partial charge in [0, 0.05) is 6.04 Å². The summed E-state index contributed by atoms with van der Waals surface area (Å²) < 4.78 is 66.5. The molecule has 120 valence electrons. The van der Waals surface area contributed by atoms with Crippen molar-refractivity contribution in [1.29, 1.82) is 0 Å². The van der Waals surface area contributed by atoms with E-state index in [1.807, 2.05) is 24.3 Å². The molecular weight excluding hydrogens is 317 g/mol. The van der Waals surface area contributed by atoms with Gasteiger partial charge in [-0.1, -0.05) is 24.3 Å². The summed E-state index contributed by atoms with van der Waals surface area (Å²) in [6.07, 6.45) is 0.856. The molecule has 0 saturated heterocycles. The lowest BCUT2D eigenvalue weighted by Gasteiger charge is -2.13. The molecule has 7 heteroatoms. The van der Waals surface area contributed by atoms with Gasteiger partial charge in [0.1, 0.15) is 5.56 Å². The summed E-state index contributed by atoms with van der Waals surface area (Å²) in [5, 5.41) is 2.32. The van der Waals surface area contributed by atoms with E-state index in [9.17, 15) is 26.7 Å². The zero-order valence-corrected chi connectivity index (χ0v) is 11.6. The van der Waals surface area contributed by atoms with Gasteiger partial charge in [-0.2, -0.15) is 0 Å². The van der Waals surface area contributed by atoms with Crippen molar-refractivity contribution >= 4 is 5.91 Å². The monoisotopic (exact) mass is 327 g/mol. The molecule has 0 radical (unpaired) electrons. The third-order valence-corrected chi connectivity index (χ3v) is 3.82. The molecule has 1 aliphatic carbocycles. The second-order valence-corrected chi connectivity index (χ2v) is 5.29. The number of hydrogen-bond donors (Lipinski definition) is 1. The van der Waals surface area contributed by atoms with E-state index in [-0.39, 0.29) is 0 Å². The van der Waals surface area contributed by atoms with Crippen LogP contribution in [0.4, 0.5) is 22.0 Å². The average Bonchev–Trinajstić information content (AvgIpc) is 2.93. The Balaban J connectivity index is 1.86. The van der Waals surface area contributed by atoms with Gasteiger partial charge in [0.15, 0.2) is 23.3 Å². The minimum atomic E-state index is -2.29. The highest BCUT2D eigenvalue weighted by molar-refractivity contribution is 5.95. The number of nitrogens with one attached hydrogen (secondary N) is 1. The highest BCUT2D eigenvalue weighted by atomic mass is 19.2. The Bertz CT molecular complexity index is 751. The van der Waals surface area contributed by atoms with Crippen molar-refractivity contribution in [3.05, 3.63) is 70.0 Å². The van der Waals surface area contributed by atoms with Gasteiger partial charge in [0.25, 0.3) is 5.91 Å². The van der Waals surface area contributed by atoms with Crippen LogP contribution in [0.2, 0.25) is 0 Å². The van der Waals surface area contributed by atoms with Gasteiger partial charge in [0.05, 0.1) is 0 Å². The molecule has 0 aromatic heterocycles. The fraction of sp³-hybridized carbons (Fsp3) is 0.188. The third kappa shape index (κ3) is 2.56. The Kier molecular flexibility index (Phi) is 3.79. The smallest absolute Gasteiger partial charge is 0.257 e. The molecule has 2 aromatic rings. The summed E-state index contributed by atoms with van der Waals surface area (Å²) in [6, 6.07) is 6.86. The molecule has 1 aliphatic rings. The van der Waals surface area contributed by atoms with Crippen molar-refractivity contribution in [3.63, 3.8) is 0 Å². The lowest BCUT2D eigenvalue weighted by Crippen LogP contribution is -2.36. The number of halogens is 5. The van der Waals surface area contributed by atoms with Crippen molar-refractivity contribution in [2.45, 2.75) is 18.9 Å². The first-order valence-corrected chi connectivity index (χ1v) is 6.79. The predicted molar refractivity (Wildman–Crippen MR) is 71.3 cm³/mol. The molecule has 0 spiro atoms. The number of rotatable bonds is 2. The van der Waals surface area contributed by atoms with Gasteiger partial charge >= 0.3 is 0 Å². The van der Waals surface area contributed by atoms with E-state index in [2.05, 4.69) is 5.32 Å². The van der Waals surface area contributed by atoms with Gasteiger partial charge in [-0.05, 0) is 24.0 Å². The summed E-state index contributed by atoms with van der Waals surface area (Å²) in [7, 11) is 0. The van der Waals surface area contributed by atoms with Crippen molar-refractivity contribution in [1.82, 2.24) is 5.32 Å². The number of fused-ring (bicyclic) bond motifs is 1. The van der Waals surface area contributed by atoms with Gasteiger partial charge in [-0.15, -0.1) is 0 Å². The van der Waals surface area contributed by atoms with Gasteiger partial charge in [-0.3, -0.25) is 4.79 Å². The summed E-state index contributed by atoms with van der Waals surface area (Å²) in [5.74, 6) is -12.1. The number of carbonyl (C=O) groups excluding carboxylic acids is 1. The molecule has 0 fully saturated rings. The van der Waals surface area contributed by atoms with Crippen LogP contribution in [0.15, 0.2) is 24.3 Å². The van der Waals surface area contributed by atoms with Gasteiger partial charge in [0.2, 0.25) is 5.82 Å². The Morgan fingerprint density at radius 3 is 1.74 bits per heavy atom. The molecule has 2 nitrogen and oxygen atoms in total. The summed E-state index contributed by atoms with van der Waals surface area (Å²) in [4.78, 5) is 12.0. The molecule has 0 atom stereocenters. The lowest BCUT2D eigenvalue weighted by atomic mass is 10.1. The first-order valence-electron chi connectivity index (χ1n) is 6.79. The lowest BCUT2D eigenvalue weighted by molar-refractivity contribution is 0.0926. The third-order valence-electron chi connectivity index (χ3n) is 3.82. The number of hydrogen-bond acceptors (Lipinski definition) is 1. The summed E-state index contributed by atoms with van der Waals surface area (Å²) >= 11 is 0. The van der Waals surface area contributed by atoms with Crippen LogP contribution in [-0.4, -0.2) is 11.9 Å². The predicted octanol–water partition coefficient (Wildman–Crippen LogP) is 3.28. The van der Waals surface area contributed by atoms with Crippen molar-refractivity contribution in [2.75, 3.05) is 0 Å². The standard InChI is InChI=1S/C16H10F5NO/c17-11-10(12(18)14(20)15(21)13(11)19)16(23)22-9-5-7-3-1-2-4-8(7)6-9/h1-4,9H,5-6H2,(H,22,23). The molecule has 0 bridgehead atoms. The largest absolute Gasteiger partial charge is 0.348 e. The second kappa shape index (κ2) is 5.64. The summed E-state index contributed by atoms with van der Waals surface area (Å²) in [5.41, 5.74) is 0.475. The average molecular weight is 327 g/mol. The van der Waals surface area contributed by atoms with Crippen molar-refractivity contribution < 1.29 is 26.7 Å². The molecule has 3 rings (SSSR count). The summed E-state index contributed by atoms with van der Waals surface area (Å²) in [6.45, 7) is 0. The Labute approximate surface area is 127 Å². The fourth-order valence-electron chi connectivity index (χ4n) is 2.72. The van der Waals surface area contributed by atoms with Crippen LogP contribution in [0, 0.1) is 29.1 Å². The van der Waals surface area contributed by atoms with E-state index < -0.39 is 46.6 Å². The minimum Gasteiger partial charge on any atom is -0.348 e. The van der Waals surface area contributed by atoms with Crippen LogP contribution < -0.4 is 5.32 Å².